The van der Waals surface area contributed by atoms with E-state index in [0.717, 1.165) is 28.2 Å². The summed E-state index contributed by atoms with van der Waals surface area (Å²) in [6, 6.07) is 25.5. The molecule has 3 N–H and O–H groups in total. The Bertz CT molecular complexity index is 1840. The second-order valence-electron chi connectivity index (χ2n) is 12.2. The minimum absolute atomic E-state index is 0.0630. The molecule has 3 atom stereocenters. The second kappa shape index (κ2) is 13.4. The van der Waals surface area contributed by atoms with Gasteiger partial charge in [0.05, 0.1) is 33.3 Å². The van der Waals surface area contributed by atoms with Crippen LogP contribution in [0.5, 0.6) is 11.5 Å². The third-order valence-corrected chi connectivity index (χ3v) is 8.91. The molecule has 0 spiro atoms. The number of aromatic nitrogens is 4. The predicted molar refractivity (Wildman–Crippen MR) is 178 cm³/mol. The highest BCUT2D eigenvalue weighted by molar-refractivity contribution is 5.91. The van der Waals surface area contributed by atoms with E-state index in [-0.39, 0.29) is 41.9 Å². The number of methoxy groups -OCH3 is 2. The number of anilines is 1. The molecular formula is C36H39N5O6. The van der Waals surface area contributed by atoms with Crippen LogP contribution < -0.4 is 20.3 Å². The SMILES string of the molecule is COc1ccc(C(OCC2CC(n3cnc4c(=O)[nH]c(NC(=O)C(C)C)nc43)CC2O)(c2ccccc2)c2ccc(OC)cc2)cc1. The van der Waals surface area contributed by atoms with Gasteiger partial charge in [-0.05, 0) is 53.8 Å². The number of amides is 1. The van der Waals surface area contributed by atoms with Crippen LogP contribution in [-0.4, -0.2) is 57.5 Å². The molecule has 0 radical (unpaired) electrons. The molecule has 11 nitrogen and oxygen atoms in total. The lowest BCUT2D eigenvalue weighted by molar-refractivity contribution is -0.118. The lowest BCUT2D eigenvalue weighted by Gasteiger charge is -2.37. The number of ether oxygens (including phenoxy) is 3. The summed E-state index contributed by atoms with van der Waals surface area (Å²) < 4.78 is 19.8. The highest BCUT2D eigenvalue weighted by Gasteiger charge is 2.41. The van der Waals surface area contributed by atoms with E-state index in [1.807, 2.05) is 83.4 Å². The van der Waals surface area contributed by atoms with Crippen LogP contribution in [0, 0.1) is 11.8 Å². The van der Waals surface area contributed by atoms with Gasteiger partial charge >= 0.3 is 0 Å². The van der Waals surface area contributed by atoms with Crippen molar-refractivity contribution in [3.63, 3.8) is 0 Å². The van der Waals surface area contributed by atoms with E-state index in [1.165, 1.54) is 0 Å². The molecule has 5 aromatic rings. The van der Waals surface area contributed by atoms with Gasteiger partial charge in [0, 0.05) is 17.9 Å². The molecule has 0 bridgehead atoms. The first-order valence-electron chi connectivity index (χ1n) is 15.7. The number of imidazole rings is 1. The molecule has 47 heavy (non-hydrogen) atoms. The molecule has 2 heterocycles. The van der Waals surface area contributed by atoms with Crippen molar-refractivity contribution in [1.82, 2.24) is 19.5 Å². The molecule has 1 aliphatic carbocycles. The summed E-state index contributed by atoms with van der Waals surface area (Å²) in [7, 11) is 3.27. The second-order valence-corrected chi connectivity index (χ2v) is 12.2. The minimum atomic E-state index is -1.02. The van der Waals surface area contributed by atoms with E-state index in [0.29, 0.717) is 18.5 Å². The smallest absolute Gasteiger partial charge is 0.280 e. The lowest BCUT2D eigenvalue weighted by Crippen LogP contribution is -2.35. The Morgan fingerprint density at radius 2 is 1.55 bits per heavy atom. The Hall–Kier alpha value is -5.00. The number of fused-ring (bicyclic) bond motifs is 1. The van der Waals surface area contributed by atoms with Crippen molar-refractivity contribution in [2.75, 3.05) is 26.1 Å². The highest BCUT2D eigenvalue weighted by Crippen LogP contribution is 2.44. The maximum atomic E-state index is 12.8. The number of hydrogen-bond acceptors (Lipinski definition) is 8. The predicted octanol–water partition coefficient (Wildman–Crippen LogP) is 5.05. The Kier molecular flexibility index (Phi) is 9.10. The molecule has 1 fully saturated rings. The van der Waals surface area contributed by atoms with E-state index >= 15 is 0 Å². The fourth-order valence-electron chi connectivity index (χ4n) is 6.30. The monoisotopic (exact) mass is 637 g/mol. The number of benzene rings is 3. The maximum Gasteiger partial charge on any atom is 0.280 e. The number of carbonyl (C=O) groups is 1. The van der Waals surface area contributed by atoms with Gasteiger partial charge in [0.2, 0.25) is 11.9 Å². The zero-order valence-corrected chi connectivity index (χ0v) is 26.8. The largest absolute Gasteiger partial charge is 0.497 e. The van der Waals surface area contributed by atoms with Crippen LogP contribution in [0.25, 0.3) is 11.2 Å². The fraction of sp³-hybridized carbons (Fsp3) is 0.333. The third kappa shape index (κ3) is 6.24. The van der Waals surface area contributed by atoms with Gasteiger partial charge in [-0.25, -0.2) is 4.98 Å². The molecular weight excluding hydrogens is 598 g/mol. The van der Waals surface area contributed by atoms with E-state index in [1.54, 1.807) is 34.4 Å². The van der Waals surface area contributed by atoms with E-state index in [2.05, 4.69) is 20.3 Å². The van der Waals surface area contributed by atoms with E-state index < -0.39 is 17.3 Å². The molecule has 0 aliphatic heterocycles. The molecule has 244 valence electrons. The molecule has 3 aromatic carbocycles. The normalized spacial score (nSPS) is 18.0. The number of aliphatic hydroxyl groups excluding tert-OH is 1. The first-order chi connectivity index (χ1) is 22.7. The topological polar surface area (TPSA) is 141 Å². The Balaban J connectivity index is 1.33. The summed E-state index contributed by atoms with van der Waals surface area (Å²) in [5.41, 5.74) is 1.79. The average Bonchev–Trinajstić information content (AvgIpc) is 3.69. The van der Waals surface area contributed by atoms with Crippen molar-refractivity contribution >= 4 is 23.0 Å². The van der Waals surface area contributed by atoms with E-state index in [4.69, 9.17) is 14.2 Å². The molecule has 1 aliphatic rings. The van der Waals surface area contributed by atoms with Crippen LogP contribution in [0.4, 0.5) is 5.95 Å². The molecule has 6 rings (SSSR count). The minimum Gasteiger partial charge on any atom is -0.497 e. The summed E-state index contributed by atoms with van der Waals surface area (Å²) in [4.78, 5) is 36.5. The van der Waals surface area contributed by atoms with Gasteiger partial charge in [-0.3, -0.25) is 19.9 Å². The van der Waals surface area contributed by atoms with Crippen molar-refractivity contribution in [2.45, 2.75) is 44.4 Å². The average molecular weight is 638 g/mol. The van der Waals surface area contributed by atoms with Crippen LogP contribution in [0.15, 0.2) is 90.0 Å². The van der Waals surface area contributed by atoms with Gasteiger partial charge in [0.15, 0.2) is 11.2 Å². The van der Waals surface area contributed by atoms with Gasteiger partial charge in [-0.1, -0.05) is 68.4 Å². The summed E-state index contributed by atoms with van der Waals surface area (Å²) in [6.45, 7) is 3.75. The van der Waals surface area contributed by atoms with Crippen LogP contribution in [0.3, 0.4) is 0 Å². The van der Waals surface area contributed by atoms with Crippen LogP contribution >= 0.6 is 0 Å². The standard InChI is InChI=1S/C36H39N5O6/c1-22(2)33(43)39-35-38-32-31(34(44)40-35)37-21-41(32)27-18-23(30(42)19-27)20-47-36(24-8-6-5-7-9-24,25-10-14-28(45-3)15-11-25)26-12-16-29(46-4)17-13-26/h5-17,21-23,27,30,42H,18-20H2,1-4H3,(H2,38,39,40,43,44). The van der Waals surface area contributed by atoms with Crippen LogP contribution in [0.1, 0.15) is 49.4 Å². The fourth-order valence-corrected chi connectivity index (χ4v) is 6.30. The first kappa shape index (κ1) is 32.0. The van der Waals surface area contributed by atoms with E-state index in [9.17, 15) is 14.7 Å². The summed E-state index contributed by atoms with van der Waals surface area (Å²) in [5, 5.41) is 14.0. The number of nitrogens with zero attached hydrogens (tertiary/aromatic N) is 3. The Morgan fingerprint density at radius 1 is 0.957 bits per heavy atom. The molecule has 1 amide bonds. The molecule has 1 saturated carbocycles. The molecule has 11 heteroatoms. The number of aliphatic hydroxyl groups is 1. The molecule has 0 saturated heterocycles. The first-order valence-corrected chi connectivity index (χ1v) is 15.7. The molecule has 2 aromatic heterocycles. The maximum absolute atomic E-state index is 12.8. The van der Waals surface area contributed by atoms with Crippen molar-refractivity contribution in [2.24, 2.45) is 11.8 Å². The van der Waals surface area contributed by atoms with Gasteiger partial charge in [0.1, 0.15) is 17.1 Å². The zero-order chi connectivity index (χ0) is 33.1. The van der Waals surface area contributed by atoms with Crippen LogP contribution in [-0.2, 0) is 15.1 Å². The number of rotatable bonds is 11. The summed E-state index contributed by atoms with van der Waals surface area (Å²) >= 11 is 0. The van der Waals surface area contributed by atoms with Gasteiger partial charge in [0.25, 0.3) is 5.56 Å². The van der Waals surface area contributed by atoms with Crippen molar-refractivity contribution in [3.8, 4) is 11.5 Å². The third-order valence-electron chi connectivity index (χ3n) is 8.91. The number of hydrogen-bond donors (Lipinski definition) is 3. The van der Waals surface area contributed by atoms with Crippen molar-refractivity contribution in [3.05, 3.63) is 112 Å². The number of nitrogens with one attached hydrogen (secondary N) is 2. The number of carbonyl (C=O) groups excluding carboxylic acids is 1. The quantitative estimate of drug-likeness (QED) is 0.171. The summed E-state index contributed by atoms with van der Waals surface area (Å²) in [5.74, 6) is 0.734. The summed E-state index contributed by atoms with van der Waals surface area (Å²) in [6.07, 6.45) is 1.88. The Labute approximate surface area is 272 Å². The van der Waals surface area contributed by atoms with Gasteiger partial charge in [-0.15, -0.1) is 0 Å². The molecule has 3 unspecified atom stereocenters. The van der Waals surface area contributed by atoms with Crippen molar-refractivity contribution < 1.29 is 24.1 Å². The number of aromatic amines is 1. The lowest BCUT2D eigenvalue weighted by atomic mass is 9.80. The van der Waals surface area contributed by atoms with Gasteiger partial charge in [-0.2, -0.15) is 4.98 Å². The van der Waals surface area contributed by atoms with Crippen molar-refractivity contribution in [1.29, 1.82) is 0 Å². The Morgan fingerprint density at radius 3 is 2.13 bits per heavy atom. The van der Waals surface area contributed by atoms with Crippen LogP contribution in [0.2, 0.25) is 0 Å². The van der Waals surface area contributed by atoms with Gasteiger partial charge < -0.3 is 23.9 Å². The highest BCUT2D eigenvalue weighted by atomic mass is 16.5. The number of H-pyrrole nitrogens is 1. The zero-order valence-electron chi connectivity index (χ0n) is 26.8.